The van der Waals surface area contributed by atoms with E-state index in [9.17, 15) is 17.6 Å². The third-order valence-electron chi connectivity index (χ3n) is 4.83. The van der Waals surface area contributed by atoms with Crippen LogP contribution in [0.2, 0.25) is 0 Å². The third-order valence-corrected chi connectivity index (χ3v) is 6.73. The van der Waals surface area contributed by atoms with Gasteiger partial charge in [-0.25, -0.2) is 12.8 Å². The van der Waals surface area contributed by atoms with Crippen LogP contribution < -0.4 is 0 Å². The van der Waals surface area contributed by atoms with E-state index in [1.54, 1.807) is 4.90 Å². The fourth-order valence-electron chi connectivity index (χ4n) is 3.10. The summed E-state index contributed by atoms with van der Waals surface area (Å²) in [5, 5.41) is 0. The number of amides is 1. The van der Waals surface area contributed by atoms with Crippen LogP contribution in [-0.4, -0.2) is 49.7 Å². The summed E-state index contributed by atoms with van der Waals surface area (Å²) in [4.78, 5) is 14.3. The molecule has 0 N–H and O–H groups in total. The summed E-state index contributed by atoms with van der Waals surface area (Å²) in [5.41, 5.74) is 2.38. The summed E-state index contributed by atoms with van der Waals surface area (Å²) < 4.78 is 40.3. The van der Waals surface area contributed by atoms with Gasteiger partial charge in [0, 0.05) is 26.2 Å². The van der Waals surface area contributed by atoms with Gasteiger partial charge in [0.25, 0.3) is 0 Å². The maximum atomic E-state index is 13.4. The van der Waals surface area contributed by atoms with E-state index in [1.807, 2.05) is 31.2 Å². The SMILES string of the molecule is Cc1ccc(CC(=O)N2CCN(S(=O)(=O)c3ccc(F)c(C)c3)CC2)cc1. The second-order valence-electron chi connectivity index (χ2n) is 6.86. The highest BCUT2D eigenvalue weighted by Gasteiger charge is 2.30. The lowest BCUT2D eigenvalue weighted by Crippen LogP contribution is -2.50. The number of piperazine rings is 1. The van der Waals surface area contributed by atoms with Crippen LogP contribution >= 0.6 is 0 Å². The Morgan fingerprint density at radius 2 is 1.63 bits per heavy atom. The zero-order valence-corrected chi connectivity index (χ0v) is 16.3. The van der Waals surface area contributed by atoms with Crippen LogP contribution in [0.25, 0.3) is 0 Å². The van der Waals surface area contributed by atoms with Crippen molar-refractivity contribution >= 4 is 15.9 Å². The highest BCUT2D eigenvalue weighted by Crippen LogP contribution is 2.20. The number of carbonyl (C=O) groups excluding carboxylic acids is 1. The van der Waals surface area contributed by atoms with Crippen molar-refractivity contribution in [1.29, 1.82) is 0 Å². The molecule has 0 unspecified atom stereocenters. The average molecular weight is 390 g/mol. The third kappa shape index (κ3) is 4.36. The highest BCUT2D eigenvalue weighted by atomic mass is 32.2. The van der Waals surface area contributed by atoms with E-state index in [2.05, 4.69) is 0 Å². The molecular formula is C20H23FN2O3S. The van der Waals surface area contributed by atoms with Gasteiger partial charge >= 0.3 is 0 Å². The summed E-state index contributed by atoms with van der Waals surface area (Å²) in [6.07, 6.45) is 0.310. The summed E-state index contributed by atoms with van der Waals surface area (Å²) in [5.74, 6) is -0.436. The van der Waals surface area contributed by atoms with E-state index in [0.717, 1.165) is 11.1 Å². The van der Waals surface area contributed by atoms with Gasteiger partial charge in [-0.1, -0.05) is 29.8 Å². The Morgan fingerprint density at radius 3 is 2.22 bits per heavy atom. The highest BCUT2D eigenvalue weighted by molar-refractivity contribution is 7.89. The molecule has 1 fully saturated rings. The Balaban J connectivity index is 1.63. The van der Waals surface area contributed by atoms with E-state index < -0.39 is 15.8 Å². The van der Waals surface area contributed by atoms with Gasteiger partial charge in [-0.05, 0) is 43.2 Å². The molecule has 1 aliphatic rings. The van der Waals surface area contributed by atoms with Crippen molar-refractivity contribution in [2.75, 3.05) is 26.2 Å². The van der Waals surface area contributed by atoms with E-state index in [-0.39, 0.29) is 23.9 Å². The molecule has 1 aliphatic heterocycles. The number of carbonyl (C=O) groups is 1. The zero-order chi connectivity index (χ0) is 19.6. The minimum absolute atomic E-state index is 0.00599. The number of hydrogen-bond acceptors (Lipinski definition) is 3. The van der Waals surface area contributed by atoms with E-state index in [0.29, 0.717) is 25.1 Å². The van der Waals surface area contributed by atoms with Gasteiger partial charge < -0.3 is 4.90 Å². The molecule has 3 rings (SSSR count). The van der Waals surface area contributed by atoms with Crippen LogP contribution in [0.3, 0.4) is 0 Å². The Bertz CT molecular complexity index is 934. The number of nitrogens with zero attached hydrogens (tertiary/aromatic N) is 2. The normalized spacial score (nSPS) is 15.7. The fraction of sp³-hybridized carbons (Fsp3) is 0.350. The fourth-order valence-corrected chi connectivity index (χ4v) is 4.60. The van der Waals surface area contributed by atoms with Crippen molar-refractivity contribution < 1.29 is 17.6 Å². The molecule has 5 nitrogen and oxygen atoms in total. The van der Waals surface area contributed by atoms with Gasteiger partial charge in [-0.15, -0.1) is 0 Å². The first-order valence-electron chi connectivity index (χ1n) is 8.87. The second kappa shape index (κ2) is 7.78. The molecule has 1 saturated heterocycles. The van der Waals surface area contributed by atoms with Crippen LogP contribution in [0.1, 0.15) is 16.7 Å². The van der Waals surface area contributed by atoms with Crippen molar-refractivity contribution in [3.05, 3.63) is 65.0 Å². The van der Waals surface area contributed by atoms with Crippen molar-refractivity contribution in [1.82, 2.24) is 9.21 Å². The predicted octanol–water partition coefficient (Wildman–Crippen LogP) is 2.52. The van der Waals surface area contributed by atoms with Crippen molar-refractivity contribution in [2.24, 2.45) is 0 Å². The van der Waals surface area contributed by atoms with E-state index in [4.69, 9.17) is 0 Å². The molecule has 1 amide bonds. The molecule has 0 bridgehead atoms. The zero-order valence-electron chi connectivity index (χ0n) is 15.5. The van der Waals surface area contributed by atoms with Gasteiger partial charge in [0.05, 0.1) is 11.3 Å². The molecule has 0 aliphatic carbocycles. The largest absolute Gasteiger partial charge is 0.340 e. The summed E-state index contributed by atoms with van der Waals surface area (Å²) in [6.45, 7) is 4.70. The number of rotatable bonds is 4. The summed E-state index contributed by atoms with van der Waals surface area (Å²) >= 11 is 0. The number of sulfonamides is 1. The summed E-state index contributed by atoms with van der Waals surface area (Å²) in [6, 6.07) is 11.6. The number of aryl methyl sites for hydroxylation is 2. The molecule has 2 aromatic rings. The van der Waals surface area contributed by atoms with Crippen LogP contribution in [-0.2, 0) is 21.2 Å². The van der Waals surface area contributed by atoms with Crippen molar-refractivity contribution in [3.63, 3.8) is 0 Å². The monoisotopic (exact) mass is 390 g/mol. The average Bonchev–Trinajstić information content (AvgIpc) is 2.66. The van der Waals surface area contributed by atoms with Gasteiger partial charge in [0.1, 0.15) is 5.82 Å². The standard InChI is InChI=1S/C20H23FN2O3S/c1-15-3-5-17(6-4-15)14-20(24)22-9-11-23(12-10-22)27(25,26)18-7-8-19(21)16(2)13-18/h3-8,13H,9-12,14H2,1-2H3. The second-order valence-corrected chi connectivity index (χ2v) is 8.80. The number of benzene rings is 2. The van der Waals surface area contributed by atoms with Gasteiger partial charge in [0.2, 0.25) is 15.9 Å². The Morgan fingerprint density at radius 1 is 1.00 bits per heavy atom. The maximum absolute atomic E-state index is 13.4. The molecule has 1 heterocycles. The molecule has 0 radical (unpaired) electrons. The lowest BCUT2D eigenvalue weighted by Gasteiger charge is -2.34. The Hall–Kier alpha value is -2.25. The first-order chi connectivity index (χ1) is 12.8. The molecule has 0 aromatic heterocycles. The minimum atomic E-state index is -3.69. The number of halogens is 1. The van der Waals surface area contributed by atoms with Gasteiger partial charge in [-0.2, -0.15) is 4.31 Å². The van der Waals surface area contributed by atoms with Crippen LogP contribution in [0.15, 0.2) is 47.4 Å². The smallest absolute Gasteiger partial charge is 0.243 e. The maximum Gasteiger partial charge on any atom is 0.243 e. The minimum Gasteiger partial charge on any atom is -0.340 e. The Labute approximate surface area is 159 Å². The van der Waals surface area contributed by atoms with Crippen LogP contribution in [0.5, 0.6) is 0 Å². The molecular weight excluding hydrogens is 367 g/mol. The van der Waals surface area contributed by atoms with Gasteiger partial charge in [0.15, 0.2) is 0 Å². The summed E-state index contributed by atoms with van der Waals surface area (Å²) in [7, 11) is -3.69. The van der Waals surface area contributed by atoms with Crippen LogP contribution in [0.4, 0.5) is 4.39 Å². The van der Waals surface area contributed by atoms with E-state index in [1.165, 1.54) is 29.4 Å². The first-order valence-corrected chi connectivity index (χ1v) is 10.3. The first kappa shape index (κ1) is 19.5. The molecule has 27 heavy (non-hydrogen) atoms. The molecule has 144 valence electrons. The molecule has 0 atom stereocenters. The van der Waals surface area contributed by atoms with Gasteiger partial charge in [-0.3, -0.25) is 4.79 Å². The van der Waals surface area contributed by atoms with Crippen molar-refractivity contribution in [3.8, 4) is 0 Å². The lowest BCUT2D eigenvalue weighted by molar-refractivity contribution is -0.131. The molecule has 0 spiro atoms. The number of hydrogen-bond donors (Lipinski definition) is 0. The van der Waals surface area contributed by atoms with Crippen LogP contribution in [0, 0.1) is 19.7 Å². The Kier molecular flexibility index (Phi) is 5.62. The lowest BCUT2D eigenvalue weighted by atomic mass is 10.1. The topological polar surface area (TPSA) is 57.7 Å². The molecule has 2 aromatic carbocycles. The quantitative estimate of drug-likeness (QED) is 0.806. The van der Waals surface area contributed by atoms with E-state index >= 15 is 0 Å². The van der Waals surface area contributed by atoms with Crippen molar-refractivity contribution in [2.45, 2.75) is 25.2 Å². The predicted molar refractivity (Wildman–Crippen MR) is 101 cm³/mol. The molecule has 7 heteroatoms. The molecule has 0 saturated carbocycles.